The first kappa shape index (κ1) is 16.5. The summed E-state index contributed by atoms with van der Waals surface area (Å²) in [7, 11) is 0. The molecule has 0 aromatic heterocycles. The lowest BCUT2D eigenvalue weighted by atomic mass is 9.87. The minimum absolute atomic E-state index is 0.485. The number of carbonyl (C=O) groups is 2. The molecule has 1 fully saturated rings. The van der Waals surface area contributed by atoms with E-state index < -0.39 is 11.8 Å². The van der Waals surface area contributed by atoms with Gasteiger partial charge in [-0.15, -0.1) is 0 Å². The molecule has 2 rings (SSSR count). The van der Waals surface area contributed by atoms with Crippen molar-refractivity contribution in [3.63, 3.8) is 0 Å². The summed E-state index contributed by atoms with van der Waals surface area (Å²) in [6.07, 6.45) is 8.20. The zero-order valence-electron chi connectivity index (χ0n) is 13.1. The maximum absolute atomic E-state index is 11.7. The highest BCUT2D eigenvalue weighted by atomic mass is 16.2. The molecule has 0 atom stereocenters. The van der Waals surface area contributed by atoms with Crippen LogP contribution in [0.1, 0.15) is 44.1 Å². The van der Waals surface area contributed by atoms with Crippen LogP contribution in [0.3, 0.4) is 0 Å². The number of amides is 2. The Balaban J connectivity index is 1.57. The molecule has 0 bridgehead atoms. The molecule has 120 valence electrons. The van der Waals surface area contributed by atoms with Gasteiger partial charge in [-0.3, -0.25) is 9.59 Å². The first-order valence-electron chi connectivity index (χ1n) is 8.35. The summed E-state index contributed by atoms with van der Waals surface area (Å²) < 4.78 is 0. The highest BCUT2D eigenvalue weighted by Crippen LogP contribution is 2.25. The van der Waals surface area contributed by atoms with E-state index in [0.29, 0.717) is 13.1 Å². The van der Waals surface area contributed by atoms with Crippen LogP contribution in [-0.2, 0) is 16.0 Å². The van der Waals surface area contributed by atoms with E-state index in [-0.39, 0.29) is 0 Å². The van der Waals surface area contributed by atoms with Crippen molar-refractivity contribution in [3.8, 4) is 0 Å². The third-order valence-corrected chi connectivity index (χ3v) is 4.31. The van der Waals surface area contributed by atoms with Crippen molar-refractivity contribution in [2.45, 2.75) is 44.9 Å². The van der Waals surface area contributed by atoms with Crippen LogP contribution in [-0.4, -0.2) is 24.9 Å². The summed E-state index contributed by atoms with van der Waals surface area (Å²) in [5, 5.41) is 5.40. The maximum Gasteiger partial charge on any atom is 0.309 e. The first-order chi connectivity index (χ1) is 10.8. The molecule has 0 unspecified atom stereocenters. The fourth-order valence-corrected chi connectivity index (χ4v) is 2.99. The summed E-state index contributed by atoms with van der Waals surface area (Å²) >= 11 is 0. The minimum Gasteiger partial charge on any atom is -0.348 e. The summed E-state index contributed by atoms with van der Waals surface area (Å²) in [4.78, 5) is 23.4. The summed E-state index contributed by atoms with van der Waals surface area (Å²) in [6, 6.07) is 9.92. The Kier molecular flexibility index (Phi) is 6.94. The van der Waals surface area contributed by atoms with E-state index in [1.54, 1.807) is 0 Å². The molecular weight excluding hydrogens is 276 g/mol. The molecule has 1 aliphatic carbocycles. The molecular formula is C18H26N2O2. The van der Waals surface area contributed by atoms with E-state index in [0.717, 1.165) is 24.3 Å². The molecule has 2 amide bonds. The fourth-order valence-electron chi connectivity index (χ4n) is 2.99. The average Bonchev–Trinajstić information content (AvgIpc) is 2.56. The molecule has 0 saturated heterocycles. The first-order valence-corrected chi connectivity index (χ1v) is 8.35. The van der Waals surface area contributed by atoms with Crippen LogP contribution in [0.4, 0.5) is 0 Å². The van der Waals surface area contributed by atoms with E-state index in [4.69, 9.17) is 0 Å². The average molecular weight is 302 g/mol. The molecule has 1 aromatic carbocycles. The molecule has 2 N–H and O–H groups in total. The van der Waals surface area contributed by atoms with Gasteiger partial charge in [-0.2, -0.15) is 0 Å². The quantitative estimate of drug-likeness (QED) is 0.793. The van der Waals surface area contributed by atoms with Gasteiger partial charge in [-0.05, 0) is 24.3 Å². The molecule has 4 heteroatoms. The predicted octanol–water partition coefficient (Wildman–Crippen LogP) is 2.43. The van der Waals surface area contributed by atoms with Gasteiger partial charge in [0.1, 0.15) is 0 Å². The van der Waals surface area contributed by atoms with Gasteiger partial charge >= 0.3 is 11.8 Å². The zero-order chi connectivity index (χ0) is 15.6. The minimum atomic E-state index is -0.528. The monoisotopic (exact) mass is 302 g/mol. The highest BCUT2D eigenvalue weighted by Gasteiger charge is 2.15. The normalized spacial score (nSPS) is 15.3. The Morgan fingerprint density at radius 2 is 1.55 bits per heavy atom. The van der Waals surface area contributed by atoms with Crippen LogP contribution in [0.2, 0.25) is 0 Å². The van der Waals surface area contributed by atoms with Crippen molar-refractivity contribution in [1.82, 2.24) is 10.6 Å². The lowest BCUT2D eigenvalue weighted by Crippen LogP contribution is -2.41. The van der Waals surface area contributed by atoms with Gasteiger partial charge in [0.2, 0.25) is 0 Å². The van der Waals surface area contributed by atoms with Gasteiger partial charge in [0.25, 0.3) is 0 Å². The molecule has 1 aromatic rings. The van der Waals surface area contributed by atoms with E-state index in [9.17, 15) is 9.59 Å². The highest BCUT2D eigenvalue weighted by molar-refractivity contribution is 6.35. The van der Waals surface area contributed by atoms with Gasteiger partial charge in [0, 0.05) is 13.1 Å². The Bertz CT molecular complexity index is 467. The van der Waals surface area contributed by atoms with Gasteiger partial charge in [-0.25, -0.2) is 0 Å². The predicted molar refractivity (Wildman–Crippen MR) is 87.4 cm³/mol. The molecule has 0 spiro atoms. The molecule has 0 radical (unpaired) electrons. The Morgan fingerprint density at radius 1 is 0.909 bits per heavy atom. The van der Waals surface area contributed by atoms with Crippen molar-refractivity contribution in [3.05, 3.63) is 35.9 Å². The summed E-state index contributed by atoms with van der Waals surface area (Å²) in [5.41, 5.74) is 1.15. The molecule has 1 saturated carbocycles. The number of benzene rings is 1. The van der Waals surface area contributed by atoms with Crippen LogP contribution >= 0.6 is 0 Å². The van der Waals surface area contributed by atoms with Crippen molar-refractivity contribution in [2.75, 3.05) is 13.1 Å². The lowest BCUT2D eigenvalue weighted by Gasteiger charge is -2.21. The van der Waals surface area contributed by atoms with Crippen molar-refractivity contribution in [2.24, 2.45) is 5.92 Å². The van der Waals surface area contributed by atoms with Crippen LogP contribution < -0.4 is 10.6 Å². The standard InChI is InChI=1S/C18H26N2O2/c21-17(19-13-11-15-7-3-1-4-8-15)18(22)20-14-12-16-9-5-2-6-10-16/h1,3-4,7-8,16H,2,5-6,9-14H2,(H,19,21)(H,20,22). The number of hydrogen-bond acceptors (Lipinski definition) is 2. The van der Waals surface area contributed by atoms with Crippen molar-refractivity contribution < 1.29 is 9.59 Å². The van der Waals surface area contributed by atoms with Gasteiger partial charge in [0.15, 0.2) is 0 Å². The second kappa shape index (κ2) is 9.23. The van der Waals surface area contributed by atoms with Crippen LogP contribution in [0.25, 0.3) is 0 Å². The second-order valence-corrected chi connectivity index (χ2v) is 6.04. The molecule has 1 aliphatic rings. The topological polar surface area (TPSA) is 58.2 Å². The lowest BCUT2D eigenvalue weighted by molar-refractivity contribution is -0.139. The largest absolute Gasteiger partial charge is 0.348 e. The maximum atomic E-state index is 11.7. The van der Waals surface area contributed by atoms with Crippen LogP contribution in [0.5, 0.6) is 0 Å². The van der Waals surface area contributed by atoms with E-state index >= 15 is 0 Å². The fraction of sp³-hybridized carbons (Fsp3) is 0.556. The number of nitrogens with one attached hydrogen (secondary N) is 2. The Hall–Kier alpha value is -1.84. The van der Waals surface area contributed by atoms with E-state index in [1.807, 2.05) is 30.3 Å². The zero-order valence-corrected chi connectivity index (χ0v) is 13.1. The van der Waals surface area contributed by atoms with Crippen molar-refractivity contribution in [1.29, 1.82) is 0 Å². The summed E-state index contributed by atoms with van der Waals surface area (Å²) in [6.45, 7) is 1.09. The number of rotatable bonds is 6. The van der Waals surface area contributed by atoms with Crippen LogP contribution in [0.15, 0.2) is 30.3 Å². The van der Waals surface area contributed by atoms with Gasteiger partial charge < -0.3 is 10.6 Å². The van der Waals surface area contributed by atoms with Gasteiger partial charge in [0.05, 0.1) is 0 Å². The molecule has 4 nitrogen and oxygen atoms in total. The van der Waals surface area contributed by atoms with Crippen molar-refractivity contribution >= 4 is 11.8 Å². The SMILES string of the molecule is O=C(NCCc1ccccc1)C(=O)NCCC1CCCCC1. The number of carbonyl (C=O) groups excluding carboxylic acids is 2. The third-order valence-electron chi connectivity index (χ3n) is 4.31. The Morgan fingerprint density at radius 3 is 2.23 bits per heavy atom. The molecule has 0 heterocycles. The van der Waals surface area contributed by atoms with E-state index in [2.05, 4.69) is 10.6 Å². The summed E-state index contributed by atoms with van der Waals surface area (Å²) in [5.74, 6) is -0.321. The molecule has 0 aliphatic heterocycles. The number of hydrogen-bond donors (Lipinski definition) is 2. The molecule has 22 heavy (non-hydrogen) atoms. The smallest absolute Gasteiger partial charge is 0.309 e. The second-order valence-electron chi connectivity index (χ2n) is 6.04. The van der Waals surface area contributed by atoms with E-state index in [1.165, 1.54) is 32.1 Å². The van der Waals surface area contributed by atoms with Gasteiger partial charge in [-0.1, -0.05) is 62.4 Å². The third kappa shape index (κ3) is 5.88. The van der Waals surface area contributed by atoms with Crippen LogP contribution in [0, 0.1) is 5.92 Å². The Labute approximate surface area is 132 Å².